The quantitative estimate of drug-likeness (QED) is 0.889. The summed E-state index contributed by atoms with van der Waals surface area (Å²) in [6.07, 6.45) is 6.36. The highest BCUT2D eigenvalue weighted by molar-refractivity contribution is 5.85. The smallest absolute Gasteiger partial charge is 0.119 e. The molecule has 2 unspecified atom stereocenters. The summed E-state index contributed by atoms with van der Waals surface area (Å²) in [6.45, 7) is 0. The fourth-order valence-electron chi connectivity index (χ4n) is 3.67. The van der Waals surface area contributed by atoms with Crippen molar-refractivity contribution in [3.8, 4) is 5.75 Å². The molecule has 2 aliphatic carbocycles. The third-order valence-corrected chi connectivity index (χ3v) is 4.47. The summed E-state index contributed by atoms with van der Waals surface area (Å²) in [4.78, 5) is 0. The third-order valence-electron chi connectivity index (χ3n) is 4.47. The van der Waals surface area contributed by atoms with Crippen molar-refractivity contribution in [2.45, 2.75) is 44.1 Å². The van der Waals surface area contributed by atoms with Gasteiger partial charge >= 0.3 is 0 Å². The van der Waals surface area contributed by atoms with E-state index in [1.54, 1.807) is 12.7 Å². The number of rotatable bonds is 2. The van der Waals surface area contributed by atoms with Gasteiger partial charge in [-0.05, 0) is 73.9 Å². The zero-order chi connectivity index (χ0) is 11.8. The van der Waals surface area contributed by atoms with Crippen LogP contribution in [0.4, 0.5) is 0 Å². The number of likely N-dealkylation sites (N-methyl/N-ethyl adjacent to an activating group) is 1. The molecule has 0 aliphatic heterocycles. The minimum Gasteiger partial charge on any atom is -0.497 e. The number of halogens is 1. The van der Waals surface area contributed by atoms with Crippen LogP contribution in [0.2, 0.25) is 0 Å². The molecule has 0 bridgehead atoms. The number of nitrogens with one attached hydrogen (secondary N) is 1. The average Bonchev–Trinajstić information content (AvgIpc) is 2.39. The van der Waals surface area contributed by atoms with Gasteiger partial charge in [-0.25, -0.2) is 0 Å². The Morgan fingerprint density at radius 1 is 1.17 bits per heavy atom. The van der Waals surface area contributed by atoms with Gasteiger partial charge < -0.3 is 10.1 Å². The Balaban J connectivity index is 0.00000120. The number of methoxy groups -OCH3 is 1. The topological polar surface area (TPSA) is 21.3 Å². The van der Waals surface area contributed by atoms with Crippen LogP contribution >= 0.6 is 12.4 Å². The second-order valence-electron chi connectivity index (χ2n) is 5.29. The van der Waals surface area contributed by atoms with Gasteiger partial charge in [-0.15, -0.1) is 12.4 Å². The van der Waals surface area contributed by atoms with Crippen LogP contribution in [0, 0.1) is 0 Å². The van der Waals surface area contributed by atoms with E-state index in [9.17, 15) is 0 Å². The summed E-state index contributed by atoms with van der Waals surface area (Å²) < 4.78 is 5.42. The van der Waals surface area contributed by atoms with Crippen LogP contribution in [0.25, 0.3) is 0 Å². The van der Waals surface area contributed by atoms with Gasteiger partial charge in [0, 0.05) is 6.04 Å². The molecule has 2 aliphatic rings. The van der Waals surface area contributed by atoms with Gasteiger partial charge in [-0.2, -0.15) is 0 Å². The zero-order valence-corrected chi connectivity index (χ0v) is 12.0. The Kier molecular flexibility index (Phi) is 4.18. The van der Waals surface area contributed by atoms with Crippen LogP contribution in [0.5, 0.6) is 5.75 Å². The minimum atomic E-state index is 0. The normalized spacial score (nSPS) is 25.0. The first-order valence-electron chi connectivity index (χ1n) is 6.70. The molecule has 0 spiro atoms. The van der Waals surface area contributed by atoms with Crippen LogP contribution < -0.4 is 10.1 Å². The van der Waals surface area contributed by atoms with Crippen LogP contribution in [0.1, 0.15) is 41.9 Å². The van der Waals surface area contributed by atoms with E-state index < -0.39 is 0 Å². The number of ether oxygens (including phenoxy) is 1. The number of benzene rings is 1. The maximum atomic E-state index is 5.42. The van der Waals surface area contributed by atoms with Gasteiger partial charge in [-0.1, -0.05) is 0 Å². The first-order chi connectivity index (χ1) is 8.33. The third kappa shape index (κ3) is 2.12. The monoisotopic (exact) mass is 267 g/mol. The molecule has 100 valence electrons. The summed E-state index contributed by atoms with van der Waals surface area (Å²) in [7, 11) is 3.88. The Morgan fingerprint density at radius 2 is 1.89 bits per heavy atom. The molecular formula is C15H22ClNO. The summed E-state index contributed by atoms with van der Waals surface area (Å²) in [6, 6.07) is 5.18. The highest BCUT2D eigenvalue weighted by Crippen LogP contribution is 2.42. The zero-order valence-electron chi connectivity index (χ0n) is 11.2. The van der Waals surface area contributed by atoms with Crippen molar-refractivity contribution in [1.82, 2.24) is 5.32 Å². The molecule has 0 radical (unpaired) electrons. The lowest BCUT2D eigenvalue weighted by Crippen LogP contribution is -2.38. The molecule has 3 heteroatoms. The second kappa shape index (κ2) is 5.50. The van der Waals surface area contributed by atoms with E-state index in [1.165, 1.54) is 43.2 Å². The van der Waals surface area contributed by atoms with Crippen LogP contribution in [0.15, 0.2) is 12.1 Å². The summed E-state index contributed by atoms with van der Waals surface area (Å²) in [5, 5.41) is 3.50. The Hall–Kier alpha value is -0.730. The molecule has 2 nitrogen and oxygen atoms in total. The molecule has 2 atom stereocenters. The van der Waals surface area contributed by atoms with Crippen molar-refractivity contribution >= 4 is 12.4 Å². The summed E-state index contributed by atoms with van der Waals surface area (Å²) in [5.74, 6) is 1.78. The maximum absolute atomic E-state index is 5.42. The molecule has 0 saturated carbocycles. The molecule has 0 fully saturated rings. The lowest BCUT2D eigenvalue weighted by atomic mass is 9.71. The number of hydrogen-bond acceptors (Lipinski definition) is 2. The van der Waals surface area contributed by atoms with E-state index in [4.69, 9.17) is 4.74 Å². The van der Waals surface area contributed by atoms with Crippen molar-refractivity contribution in [3.63, 3.8) is 0 Å². The van der Waals surface area contributed by atoms with Crippen molar-refractivity contribution in [2.75, 3.05) is 14.2 Å². The van der Waals surface area contributed by atoms with Gasteiger partial charge in [0.2, 0.25) is 0 Å². The Bertz CT molecular complexity index is 415. The van der Waals surface area contributed by atoms with Gasteiger partial charge in [0.05, 0.1) is 7.11 Å². The molecule has 1 N–H and O–H groups in total. The molecule has 0 saturated heterocycles. The van der Waals surface area contributed by atoms with Crippen LogP contribution in [-0.2, 0) is 12.8 Å². The first kappa shape index (κ1) is 13.7. The van der Waals surface area contributed by atoms with Crippen molar-refractivity contribution < 1.29 is 4.74 Å². The highest BCUT2D eigenvalue weighted by atomic mass is 35.5. The molecule has 0 amide bonds. The summed E-state index contributed by atoms with van der Waals surface area (Å²) in [5.41, 5.74) is 4.72. The van der Waals surface area contributed by atoms with Gasteiger partial charge in [0.25, 0.3) is 0 Å². The summed E-state index contributed by atoms with van der Waals surface area (Å²) >= 11 is 0. The maximum Gasteiger partial charge on any atom is 0.119 e. The Labute approximate surface area is 116 Å². The van der Waals surface area contributed by atoms with E-state index in [2.05, 4.69) is 24.5 Å². The molecule has 0 heterocycles. The van der Waals surface area contributed by atoms with E-state index in [0.29, 0.717) is 6.04 Å². The molecule has 0 aromatic heterocycles. The highest BCUT2D eigenvalue weighted by Gasteiger charge is 2.32. The van der Waals surface area contributed by atoms with Gasteiger partial charge in [0.1, 0.15) is 5.75 Å². The van der Waals surface area contributed by atoms with Crippen LogP contribution in [0.3, 0.4) is 0 Å². The van der Waals surface area contributed by atoms with E-state index >= 15 is 0 Å². The predicted molar refractivity (Wildman–Crippen MR) is 77.1 cm³/mol. The number of aryl methyl sites for hydroxylation is 2. The lowest BCUT2D eigenvalue weighted by molar-refractivity contribution is 0.367. The second-order valence-corrected chi connectivity index (χ2v) is 5.29. The fraction of sp³-hybridized carbons (Fsp3) is 0.600. The van der Waals surface area contributed by atoms with Gasteiger partial charge in [-0.3, -0.25) is 0 Å². The Morgan fingerprint density at radius 3 is 2.56 bits per heavy atom. The standard InChI is InChI=1S/C15H21NO.ClH/c1-16-14-7-6-11-9-12(17-2)8-10-4-3-5-13(14)15(10)11;/h8-9,13-14,16H,3-7H2,1-2H3;1H. The molecule has 1 aromatic rings. The van der Waals surface area contributed by atoms with Crippen molar-refractivity contribution in [1.29, 1.82) is 0 Å². The predicted octanol–water partition coefficient (Wildman–Crippen LogP) is 3.07. The molecule has 1 aromatic carbocycles. The van der Waals surface area contributed by atoms with Crippen molar-refractivity contribution in [3.05, 3.63) is 28.8 Å². The molecule has 3 rings (SSSR count). The van der Waals surface area contributed by atoms with E-state index in [-0.39, 0.29) is 12.4 Å². The van der Waals surface area contributed by atoms with Gasteiger partial charge in [0.15, 0.2) is 0 Å². The van der Waals surface area contributed by atoms with E-state index in [0.717, 1.165) is 11.7 Å². The van der Waals surface area contributed by atoms with E-state index in [1.807, 2.05) is 0 Å². The molecular weight excluding hydrogens is 246 g/mol. The fourth-order valence-corrected chi connectivity index (χ4v) is 3.67. The van der Waals surface area contributed by atoms with Crippen molar-refractivity contribution in [2.24, 2.45) is 0 Å². The minimum absolute atomic E-state index is 0. The van der Waals surface area contributed by atoms with Crippen LogP contribution in [-0.4, -0.2) is 20.2 Å². The first-order valence-corrected chi connectivity index (χ1v) is 6.70. The number of hydrogen-bond donors (Lipinski definition) is 1. The lowest BCUT2D eigenvalue weighted by Gasteiger charge is -2.38. The largest absolute Gasteiger partial charge is 0.497 e. The molecule has 18 heavy (non-hydrogen) atoms. The SMILES string of the molecule is CNC1CCc2cc(OC)cc3c2C1CCC3.Cl. The average molecular weight is 268 g/mol.